The Labute approximate surface area is 82.5 Å². The molecule has 3 heteroatoms. The zero-order chi connectivity index (χ0) is 6.97. The van der Waals surface area contributed by atoms with E-state index in [9.17, 15) is 0 Å². The molecule has 2 aromatic heterocycles. The zero-order valence-corrected chi connectivity index (χ0v) is 8.39. The second-order valence-corrected chi connectivity index (χ2v) is 2.44. The molecule has 0 radical (unpaired) electrons. The first kappa shape index (κ1) is 8.52. The number of nitrogens with zero attached hydrogens (tertiary/aromatic N) is 2. The van der Waals surface area contributed by atoms with Crippen LogP contribution in [-0.2, 0) is 7.05 Å². The SMILES string of the molecule is C[n+]1cc2ccccn2c1.[I-]. The van der Waals surface area contributed by atoms with E-state index in [0.717, 1.165) is 0 Å². The normalized spacial score (nSPS) is 9.55. The summed E-state index contributed by atoms with van der Waals surface area (Å²) in [5, 5.41) is 0. The van der Waals surface area contributed by atoms with Gasteiger partial charge in [-0.2, -0.15) is 0 Å². The quantitative estimate of drug-likeness (QED) is 0.374. The molecule has 0 aliphatic heterocycles. The Balaban J connectivity index is 0.000000605. The molecule has 0 atom stereocenters. The molecule has 2 nitrogen and oxygen atoms in total. The number of fused-ring (bicyclic) bond motifs is 1. The van der Waals surface area contributed by atoms with Crippen molar-refractivity contribution in [2.45, 2.75) is 0 Å². The van der Waals surface area contributed by atoms with Gasteiger partial charge in [-0.05, 0) is 12.1 Å². The van der Waals surface area contributed by atoms with Crippen molar-refractivity contribution in [3.63, 3.8) is 0 Å². The third kappa shape index (κ3) is 1.53. The average Bonchev–Trinajstić information content (AvgIpc) is 2.27. The van der Waals surface area contributed by atoms with Crippen LogP contribution < -0.4 is 28.5 Å². The van der Waals surface area contributed by atoms with Gasteiger partial charge in [-0.1, -0.05) is 6.07 Å². The van der Waals surface area contributed by atoms with Crippen molar-refractivity contribution >= 4 is 5.52 Å². The van der Waals surface area contributed by atoms with Crippen LogP contribution in [0.2, 0.25) is 0 Å². The van der Waals surface area contributed by atoms with Crippen LogP contribution in [0.4, 0.5) is 0 Å². The number of imidazole rings is 1. The van der Waals surface area contributed by atoms with Gasteiger partial charge in [0, 0.05) is 0 Å². The number of rotatable bonds is 0. The van der Waals surface area contributed by atoms with E-state index < -0.39 is 0 Å². The highest BCUT2D eigenvalue weighted by Crippen LogP contribution is 1.97. The second-order valence-electron chi connectivity index (χ2n) is 2.44. The van der Waals surface area contributed by atoms with Gasteiger partial charge in [-0.25, -0.2) is 8.97 Å². The van der Waals surface area contributed by atoms with Gasteiger partial charge >= 0.3 is 0 Å². The molecule has 2 rings (SSSR count). The minimum atomic E-state index is 0. The van der Waals surface area contributed by atoms with Crippen molar-refractivity contribution in [1.29, 1.82) is 0 Å². The van der Waals surface area contributed by atoms with Gasteiger partial charge in [0.2, 0.25) is 6.33 Å². The summed E-state index contributed by atoms with van der Waals surface area (Å²) in [5.41, 5.74) is 1.23. The molecular weight excluding hydrogens is 251 g/mol. The van der Waals surface area contributed by atoms with E-state index in [4.69, 9.17) is 0 Å². The summed E-state index contributed by atoms with van der Waals surface area (Å²) in [6, 6.07) is 6.14. The number of pyridine rings is 1. The average molecular weight is 260 g/mol. The molecular formula is C8H9IN2. The van der Waals surface area contributed by atoms with E-state index in [2.05, 4.69) is 16.7 Å². The van der Waals surface area contributed by atoms with Crippen molar-refractivity contribution in [1.82, 2.24) is 4.40 Å². The van der Waals surface area contributed by atoms with Crippen molar-refractivity contribution in [2.75, 3.05) is 0 Å². The monoisotopic (exact) mass is 260 g/mol. The second kappa shape index (κ2) is 3.21. The van der Waals surface area contributed by atoms with E-state index in [1.807, 2.05) is 36.3 Å². The van der Waals surface area contributed by atoms with Gasteiger partial charge < -0.3 is 24.0 Å². The maximum absolute atomic E-state index is 2.08. The Kier molecular flexibility index (Phi) is 2.49. The van der Waals surface area contributed by atoms with Crippen LogP contribution in [0, 0.1) is 0 Å². The molecule has 0 N–H and O–H groups in total. The van der Waals surface area contributed by atoms with E-state index in [1.165, 1.54) is 5.52 Å². The lowest BCUT2D eigenvalue weighted by Gasteiger charge is -1.79. The first-order valence-electron chi connectivity index (χ1n) is 3.28. The van der Waals surface area contributed by atoms with Gasteiger partial charge in [-0.15, -0.1) is 0 Å². The van der Waals surface area contributed by atoms with Crippen LogP contribution in [0.3, 0.4) is 0 Å². The third-order valence-corrected chi connectivity index (χ3v) is 1.57. The van der Waals surface area contributed by atoms with Gasteiger partial charge in [0.25, 0.3) is 0 Å². The lowest BCUT2D eigenvalue weighted by molar-refractivity contribution is -0.670. The number of aryl methyl sites for hydroxylation is 1. The molecule has 0 aliphatic rings. The lowest BCUT2D eigenvalue weighted by atomic mass is 10.4. The molecule has 0 unspecified atom stereocenters. The first-order chi connectivity index (χ1) is 4.86. The molecule has 0 aromatic carbocycles. The maximum atomic E-state index is 2.08. The fourth-order valence-corrected chi connectivity index (χ4v) is 1.12. The Bertz CT molecular complexity index is 321. The van der Waals surface area contributed by atoms with Crippen LogP contribution >= 0.6 is 0 Å². The summed E-state index contributed by atoms with van der Waals surface area (Å²) >= 11 is 0. The van der Waals surface area contributed by atoms with E-state index in [0.29, 0.717) is 0 Å². The minimum Gasteiger partial charge on any atom is -1.00 e. The summed E-state index contributed by atoms with van der Waals surface area (Å²) in [6.45, 7) is 0. The molecule has 58 valence electrons. The number of aromatic nitrogens is 2. The number of hydrogen-bond acceptors (Lipinski definition) is 0. The highest BCUT2D eigenvalue weighted by Gasteiger charge is 1.98. The standard InChI is InChI=1S/C8H9N2.HI/c1-9-6-8-4-2-3-5-10(8)7-9;/h2-7H,1H3;1H/q+1;/p-1. The van der Waals surface area contributed by atoms with Crippen LogP contribution in [-0.4, -0.2) is 4.40 Å². The Morgan fingerprint density at radius 2 is 2.18 bits per heavy atom. The summed E-state index contributed by atoms with van der Waals surface area (Å²) in [6.07, 6.45) is 6.16. The molecule has 0 saturated heterocycles. The molecule has 0 bridgehead atoms. The zero-order valence-electron chi connectivity index (χ0n) is 6.24. The third-order valence-electron chi connectivity index (χ3n) is 1.57. The fourth-order valence-electron chi connectivity index (χ4n) is 1.12. The van der Waals surface area contributed by atoms with E-state index in [1.54, 1.807) is 0 Å². The van der Waals surface area contributed by atoms with Crippen molar-refractivity contribution in [3.8, 4) is 0 Å². The Morgan fingerprint density at radius 1 is 1.36 bits per heavy atom. The minimum absolute atomic E-state index is 0. The largest absolute Gasteiger partial charge is 1.00 e. The smallest absolute Gasteiger partial charge is 0.248 e. The molecule has 0 spiro atoms. The molecule has 11 heavy (non-hydrogen) atoms. The predicted octanol–water partition coefficient (Wildman–Crippen LogP) is -2.23. The van der Waals surface area contributed by atoms with Crippen LogP contribution in [0.15, 0.2) is 36.9 Å². The molecule has 0 fully saturated rings. The topological polar surface area (TPSA) is 8.29 Å². The van der Waals surface area contributed by atoms with Gasteiger partial charge in [0.15, 0.2) is 5.52 Å². The van der Waals surface area contributed by atoms with Crippen LogP contribution in [0.5, 0.6) is 0 Å². The summed E-state index contributed by atoms with van der Waals surface area (Å²) < 4.78 is 4.12. The molecule has 2 aromatic rings. The highest BCUT2D eigenvalue weighted by molar-refractivity contribution is 5.41. The van der Waals surface area contributed by atoms with E-state index >= 15 is 0 Å². The first-order valence-corrected chi connectivity index (χ1v) is 3.28. The van der Waals surface area contributed by atoms with Gasteiger partial charge in [0.05, 0.1) is 13.2 Å². The van der Waals surface area contributed by atoms with Gasteiger partial charge in [-0.3, -0.25) is 0 Å². The van der Waals surface area contributed by atoms with Crippen LogP contribution in [0.25, 0.3) is 5.52 Å². The molecule has 2 heterocycles. The van der Waals surface area contributed by atoms with E-state index in [-0.39, 0.29) is 24.0 Å². The van der Waals surface area contributed by atoms with Crippen molar-refractivity contribution in [3.05, 3.63) is 36.9 Å². The molecule has 0 amide bonds. The summed E-state index contributed by atoms with van der Waals surface area (Å²) in [4.78, 5) is 0. The number of halogens is 1. The summed E-state index contributed by atoms with van der Waals surface area (Å²) in [5.74, 6) is 0. The van der Waals surface area contributed by atoms with Crippen molar-refractivity contribution in [2.24, 2.45) is 7.05 Å². The Morgan fingerprint density at radius 3 is 2.91 bits per heavy atom. The highest BCUT2D eigenvalue weighted by atomic mass is 127. The van der Waals surface area contributed by atoms with Gasteiger partial charge in [0.1, 0.15) is 6.20 Å². The fraction of sp³-hybridized carbons (Fsp3) is 0.125. The summed E-state index contributed by atoms with van der Waals surface area (Å²) in [7, 11) is 2.02. The molecule has 0 aliphatic carbocycles. The predicted molar refractivity (Wildman–Crippen MR) is 38.6 cm³/mol. The molecule has 0 saturated carbocycles. The number of hydrogen-bond donors (Lipinski definition) is 0. The Hall–Kier alpha value is -0.580. The van der Waals surface area contributed by atoms with Crippen molar-refractivity contribution < 1.29 is 28.5 Å². The lowest BCUT2D eigenvalue weighted by Crippen LogP contribution is -3.00. The van der Waals surface area contributed by atoms with Crippen LogP contribution in [0.1, 0.15) is 0 Å². The maximum Gasteiger partial charge on any atom is 0.248 e.